The van der Waals surface area contributed by atoms with Crippen LogP contribution in [0.4, 0.5) is 4.39 Å². The third-order valence-electron chi connectivity index (χ3n) is 7.30. The molecular weight excluding hydrogens is 437 g/mol. The minimum Gasteiger partial charge on any atom is -0.483 e. The van der Waals surface area contributed by atoms with Crippen LogP contribution in [0.3, 0.4) is 0 Å². The smallest absolute Gasteiger partial charge is 0.191 e. The van der Waals surface area contributed by atoms with Gasteiger partial charge in [0, 0.05) is 11.8 Å². The van der Waals surface area contributed by atoms with Crippen LogP contribution in [0.25, 0.3) is 0 Å². The molecule has 0 spiro atoms. The first-order valence-corrected chi connectivity index (χ1v) is 12.8. The van der Waals surface area contributed by atoms with E-state index in [0.717, 1.165) is 22.6 Å². The molecule has 0 radical (unpaired) electrons. The quantitative estimate of drug-likeness (QED) is 0.402. The van der Waals surface area contributed by atoms with Gasteiger partial charge >= 0.3 is 0 Å². The molecule has 0 amide bonds. The van der Waals surface area contributed by atoms with Gasteiger partial charge in [-0.05, 0) is 61.6 Å². The van der Waals surface area contributed by atoms with Crippen LogP contribution < -0.4 is 4.74 Å². The second-order valence-corrected chi connectivity index (χ2v) is 10.3. The minimum absolute atomic E-state index is 0.154. The largest absolute Gasteiger partial charge is 0.483 e. The van der Waals surface area contributed by atoms with Crippen LogP contribution in [-0.4, -0.2) is 25.6 Å². The molecule has 33 heavy (non-hydrogen) atoms. The van der Waals surface area contributed by atoms with Gasteiger partial charge in [0.25, 0.3) is 0 Å². The van der Waals surface area contributed by atoms with Crippen molar-refractivity contribution in [3.63, 3.8) is 0 Å². The maximum Gasteiger partial charge on any atom is 0.191 e. The van der Waals surface area contributed by atoms with E-state index >= 15 is 0 Å². The van der Waals surface area contributed by atoms with E-state index in [4.69, 9.17) is 4.74 Å². The highest BCUT2D eigenvalue weighted by atomic mass is 32.2. The molecule has 5 nitrogen and oxygen atoms in total. The molecule has 5 atom stereocenters. The molecule has 2 aliphatic carbocycles. The lowest BCUT2D eigenvalue weighted by Crippen LogP contribution is -2.24. The Labute approximate surface area is 198 Å². The van der Waals surface area contributed by atoms with Crippen LogP contribution in [0.1, 0.15) is 56.1 Å². The van der Waals surface area contributed by atoms with Crippen LogP contribution in [-0.2, 0) is 6.61 Å². The summed E-state index contributed by atoms with van der Waals surface area (Å²) in [4.78, 5) is 0. The van der Waals surface area contributed by atoms with Gasteiger partial charge in [0.05, 0.1) is 6.10 Å². The standard InChI is InChI=1S/C26H30FN3O2S/c1-17(21-14-18-11-12-20(21)13-18)30-25(15-32-24-10-6-5-9-22(24)27)28-29-26(30)33-16-23(31)19-7-3-2-4-8-19/h2-10,17-18,20-21,23,31H,11-16H2,1H3/t17-,18+,20+,21+,23+/m0/s1. The van der Waals surface area contributed by atoms with Crippen molar-refractivity contribution in [3.8, 4) is 5.75 Å². The van der Waals surface area contributed by atoms with E-state index in [0.29, 0.717) is 17.5 Å². The van der Waals surface area contributed by atoms with Gasteiger partial charge in [-0.25, -0.2) is 4.39 Å². The van der Waals surface area contributed by atoms with Crippen molar-refractivity contribution < 1.29 is 14.2 Å². The molecule has 2 bridgehead atoms. The molecule has 0 unspecified atom stereocenters. The number of hydrogen-bond donors (Lipinski definition) is 1. The number of aliphatic hydroxyl groups excluding tert-OH is 1. The van der Waals surface area contributed by atoms with E-state index < -0.39 is 6.10 Å². The van der Waals surface area contributed by atoms with Gasteiger partial charge in [-0.15, -0.1) is 10.2 Å². The second-order valence-electron chi connectivity index (χ2n) is 9.30. The molecule has 7 heteroatoms. The number of fused-ring (bicyclic) bond motifs is 2. The van der Waals surface area contributed by atoms with Crippen molar-refractivity contribution in [3.05, 3.63) is 71.8 Å². The van der Waals surface area contributed by atoms with E-state index in [1.54, 1.807) is 18.2 Å². The molecule has 2 fully saturated rings. The average molecular weight is 468 g/mol. The highest BCUT2D eigenvalue weighted by molar-refractivity contribution is 7.99. The summed E-state index contributed by atoms with van der Waals surface area (Å²) in [6.45, 7) is 2.40. The summed E-state index contributed by atoms with van der Waals surface area (Å²) < 4.78 is 22.0. The van der Waals surface area contributed by atoms with Gasteiger partial charge in [0.15, 0.2) is 22.5 Å². The molecule has 174 valence electrons. The third-order valence-corrected chi connectivity index (χ3v) is 8.32. The van der Waals surface area contributed by atoms with Crippen LogP contribution in [0, 0.1) is 23.6 Å². The van der Waals surface area contributed by atoms with Crippen molar-refractivity contribution in [1.82, 2.24) is 14.8 Å². The van der Waals surface area contributed by atoms with Crippen molar-refractivity contribution in [2.45, 2.75) is 56.5 Å². The molecule has 3 aromatic rings. The molecular formula is C26H30FN3O2S. The monoisotopic (exact) mass is 467 g/mol. The molecule has 2 aliphatic rings. The van der Waals surface area contributed by atoms with Crippen molar-refractivity contribution in [2.75, 3.05) is 5.75 Å². The number of rotatable bonds is 9. The van der Waals surface area contributed by atoms with E-state index in [1.165, 1.54) is 43.5 Å². The zero-order valence-electron chi connectivity index (χ0n) is 18.8. The van der Waals surface area contributed by atoms with E-state index in [2.05, 4.69) is 21.7 Å². The van der Waals surface area contributed by atoms with Gasteiger partial charge in [-0.3, -0.25) is 4.57 Å². The lowest BCUT2D eigenvalue weighted by atomic mass is 9.84. The van der Waals surface area contributed by atoms with Gasteiger partial charge in [0.1, 0.15) is 6.61 Å². The fourth-order valence-corrected chi connectivity index (χ4v) is 6.63. The molecule has 0 saturated heterocycles. The van der Waals surface area contributed by atoms with Crippen LogP contribution >= 0.6 is 11.8 Å². The molecule has 2 saturated carbocycles. The second kappa shape index (κ2) is 9.85. The highest BCUT2D eigenvalue weighted by Gasteiger charge is 2.43. The first kappa shape index (κ1) is 22.4. The number of halogens is 1. The molecule has 2 aromatic carbocycles. The van der Waals surface area contributed by atoms with Gasteiger partial charge in [-0.2, -0.15) is 0 Å². The summed E-state index contributed by atoms with van der Waals surface area (Å²) >= 11 is 1.51. The summed E-state index contributed by atoms with van der Waals surface area (Å²) in [5, 5.41) is 20.3. The van der Waals surface area contributed by atoms with E-state index in [9.17, 15) is 9.50 Å². The zero-order valence-corrected chi connectivity index (χ0v) is 19.6. The first-order chi connectivity index (χ1) is 16.1. The normalized spacial score (nSPS) is 23.5. The first-order valence-electron chi connectivity index (χ1n) is 11.8. The number of benzene rings is 2. The lowest BCUT2D eigenvalue weighted by Gasteiger charge is -2.30. The Morgan fingerprint density at radius 3 is 2.61 bits per heavy atom. The molecule has 1 aromatic heterocycles. The zero-order chi connectivity index (χ0) is 22.8. The fraction of sp³-hybridized carbons (Fsp3) is 0.462. The summed E-state index contributed by atoms with van der Waals surface area (Å²) in [6, 6.07) is 16.3. The fourth-order valence-electron chi connectivity index (χ4n) is 5.62. The van der Waals surface area contributed by atoms with Crippen LogP contribution in [0.15, 0.2) is 59.8 Å². The number of thioether (sulfide) groups is 1. The Morgan fingerprint density at radius 1 is 1.09 bits per heavy atom. The third kappa shape index (κ3) is 4.80. The minimum atomic E-state index is -0.586. The summed E-state index contributed by atoms with van der Waals surface area (Å²) in [5.41, 5.74) is 0.889. The van der Waals surface area contributed by atoms with E-state index in [-0.39, 0.29) is 24.2 Å². The Hall–Kier alpha value is -2.38. The number of hydrogen-bond acceptors (Lipinski definition) is 5. The molecule has 1 heterocycles. The van der Waals surface area contributed by atoms with Crippen LogP contribution in [0.2, 0.25) is 0 Å². The predicted molar refractivity (Wildman–Crippen MR) is 127 cm³/mol. The molecule has 0 aliphatic heterocycles. The maximum absolute atomic E-state index is 14.1. The predicted octanol–water partition coefficient (Wildman–Crippen LogP) is 5.82. The Morgan fingerprint density at radius 2 is 1.88 bits per heavy atom. The summed E-state index contributed by atoms with van der Waals surface area (Å²) in [7, 11) is 0. The SMILES string of the molecule is C[C@@H]([C@H]1C[C@@H]2CC[C@@H]1C2)n1c(COc2ccccc2F)nnc1SC[C@@H](O)c1ccccc1. The molecule has 1 N–H and O–H groups in total. The Balaban J connectivity index is 1.36. The highest BCUT2D eigenvalue weighted by Crippen LogP contribution is 2.52. The van der Waals surface area contributed by atoms with E-state index in [1.807, 2.05) is 30.3 Å². The summed E-state index contributed by atoms with van der Waals surface area (Å²) in [5.74, 6) is 3.20. The topological polar surface area (TPSA) is 60.2 Å². The number of ether oxygens (including phenoxy) is 1. The van der Waals surface area contributed by atoms with Crippen molar-refractivity contribution in [1.29, 1.82) is 0 Å². The Bertz CT molecular complexity index is 1080. The number of nitrogens with zero attached hydrogens (tertiary/aromatic N) is 3. The molecule has 5 rings (SSSR count). The lowest BCUT2D eigenvalue weighted by molar-refractivity contribution is 0.203. The van der Waals surface area contributed by atoms with Gasteiger partial charge < -0.3 is 9.84 Å². The van der Waals surface area contributed by atoms with Crippen molar-refractivity contribution in [2.24, 2.45) is 17.8 Å². The Kier molecular flexibility index (Phi) is 6.69. The van der Waals surface area contributed by atoms with Gasteiger partial charge in [-0.1, -0.05) is 60.6 Å². The van der Waals surface area contributed by atoms with Gasteiger partial charge in [0.2, 0.25) is 0 Å². The summed E-state index contributed by atoms with van der Waals surface area (Å²) in [6.07, 6.45) is 4.64. The number of aliphatic hydroxyl groups is 1. The number of para-hydroxylation sites is 1. The number of aromatic nitrogens is 3. The van der Waals surface area contributed by atoms with Crippen molar-refractivity contribution >= 4 is 11.8 Å². The average Bonchev–Trinajstić information content (AvgIpc) is 3.58. The van der Waals surface area contributed by atoms with Crippen LogP contribution in [0.5, 0.6) is 5.75 Å². The maximum atomic E-state index is 14.1.